The molecule has 5 rings (SSSR count). The molecule has 12 heteroatoms. The van der Waals surface area contributed by atoms with Crippen molar-refractivity contribution in [1.29, 1.82) is 0 Å². The number of halogens is 5. The Labute approximate surface area is 190 Å². The molecule has 0 amide bonds. The van der Waals surface area contributed by atoms with Crippen molar-refractivity contribution in [3.63, 3.8) is 0 Å². The Morgan fingerprint density at radius 3 is 2.56 bits per heavy atom. The SMILES string of the molecule is NC1(C2CCC(F)(F)C2)N=C(Nc2cc3ccccc3[nH]2)NC(c2cccc(C(F)(F)F)n2)=N1. The molecule has 2 aliphatic rings. The van der Waals surface area contributed by atoms with Crippen molar-refractivity contribution in [2.45, 2.75) is 37.1 Å². The van der Waals surface area contributed by atoms with Crippen LogP contribution in [0.3, 0.4) is 0 Å². The van der Waals surface area contributed by atoms with E-state index in [0.29, 0.717) is 5.82 Å². The summed E-state index contributed by atoms with van der Waals surface area (Å²) in [7, 11) is 0. The number of nitrogens with one attached hydrogen (secondary N) is 3. The van der Waals surface area contributed by atoms with Crippen LogP contribution in [0.4, 0.5) is 27.8 Å². The van der Waals surface area contributed by atoms with Crippen LogP contribution in [0, 0.1) is 5.92 Å². The van der Waals surface area contributed by atoms with Gasteiger partial charge in [-0.2, -0.15) is 13.2 Å². The highest BCUT2D eigenvalue weighted by Gasteiger charge is 2.49. The molecule has 0 saturated heterocycles. The number of aromatic nitrogens is 2. The maximum atomic E-state index is 14.0. The quantitative estimate of drug-likeness (QED) is 0.419. The molecule has 7 nitrogen and oxygen atoms in total. The van der Waals surface area contributed by atoms with Crippen molar-refractivity contribution in [3.05, 3.63) is 59.9 Å². The molecule has 3 heterocycles. The number of aromatic amines is 1. The van der Waals surface area contributed by atoms with E-state index in [1.165, 1.54) is 12.1 Å². The lowest BCUT2D eigenvalue weighted by molar-refractivity contribution is -0.141. The topological polar surface area (TPSA) is 103 Å². The van der Waals surface area contributed by atoms with Gasteiger partial charge in [0.25, 0.3) is 0 Å². The first-order valence-electron chi connectivity index (χ1n) is 10.5. The number of guanidine groups is 1. The smallest absolute Gasteiger partial charge is 0.341 e. The Balaban J connectivity index is 1.52. The van der Waals surface area contributed by atoms with Gasteiger partial charge < -0.3 is 15.6 Å². The lowest BCUT2D eigenvalue weighted by atomic mass is 9.99. The van der Waals surface area contributed by atoms with E-state index >= 15 is 0 Å². The van der Waals surface area contributed by atoms with Crippen LogP contribution < -0.4 is 16.4 Å². The van der Waals surface area contributed by atoms with Gasteiger partial charge in [0.2, 0.25) is 17.7 Å². The van der Waals surface area contributed by atoms with Gasteiger partial charge in [-0.05, 0) is 30.7 Å². The van der Waals surface area contributed by atoms with Crippen molar-refractivity contribution in [3.8, 4) is 0 Å². The first-order valence-corrected chi connectivity index (χ1v) is 10.5. The molecule has 0 bridgehead atoms. The van der Waals surface area contributed by atoms with E-state index in [4.69, 9.17) is 5.73 Å². The van der Waals surface area contributed by atoms with E-state index in [1.54, 1.807) is 6.07 Å². The number of rotatable bonds is 3. The highest BCUT2D eigenvalue weighted by molar-refractivity contribution is 6.13. The number of alkyl halides is 5. The number of amidine groups is 1. The monoisotopic (exact) mass is 477 g/mol. The minimum absolute atomic E-state index is 0.0495. The molecule has 0 radical (unpaired) electrons. The minimum Gasteiger partial charge on any atom is -0.341 e. The molecule has 3 aromatic rings. The van der Waals surface area contributed by atoms with Gasteiger partial charge in [0, 0.05) is 29.7 Å². The zero-order chi connectivity index (χ0) is 24.1. The van der Waals surface area contributed by atoms with Crippen LogP contribution in [0.25, 0.3) is 10.9 Å². The van der Waals surface area contributed by atoms with E-state index in [2.05, 4.69) is 30.6 Å². The Kier molecular flexibility index (Phi) is 5.08. The molecule has 2 unspecified atom stereocenters. The molecule has 1 aliphatic carbocycles. The number of fused-ring (bicyclic) bond motifs is 1. The van der Waals surface area contributed by atoms with Crippen molar-refractivity contribution in [1.82, 2.24) is 15.3 Å². The second-order valence-corrected chi connectivity index (χ2v) is 8.43. The van der Waals surface area contributed by atoms with Crippen LogP contribution in [-0.4, -0.2) is 33.5 Å². The first-order chi connectivity index (χ1) is 16.0. The molecule has 5 N–H and O–H groups in total. The van der Waals surface area contributed by atoms with Crippen LogP contribution >= 0.6 is 0 Å². The van der Waals surface area contributed by atoms with Gasteiger partial charge >= 0.3 is 6.18 Å². The first kappa shape index (κ1) is 22.3. The van der Waals surface area contributed by atoms with Gasteiger partial charge in [-0.25, -0.2) is 23.7 Å². The number of hydrogen-bond donors (Lipinski definition) is 4. The van der Waals surface area contributed by atoms with Gasteiger partial charge in [-0.3, -0.25) is 5.73 Å². The van der Waals surface area contributed by atoms with Gasteiger partial charge in [0.1, 0.15) is 17.2 Å². The lowest BCUT2D eigenvalue weighted by Gasteiger charge is -2.33. The number of hydrogen-bond acceptors (Lipinski definition) is 6. The zero-order valence-electron chi connectivity index (χ0n) is 17.6. The fraction of sp³-hybridized carbons (Fsp3) is 0.318. The number of nitrogens with two attached hydrogens (primary N) is 1. The molecule has 1 aliphatic heterocycles. The summed E-state index contributed by atoms with van der Waals surface area (Å²) in [4.78, 5) is 15.4. The zero-order valence-corrected chi connectivity index (χ0v) is 17.6. The van der Waals surface area contributed by atoms with Crippen LogP contribution in [-0.2, 0) is 6.18 Å². The van der Waals surface area contributed by atoms with E-state index in [1.807, 2.05) is 24.3 Å². The fourth-order valence-electron chi connectivity index (χ4n) is 4.22. The Morgan fingerprint density at radius 2 is 1.85 bits per heavy atom. The van der Waals surface area contributed by atoms with Crippen molar-refractivity contribution in [2.24, 2.45) is 21.6 Å². The third-order valence-corrected chi connectivity index (χ3v) is 5.89. The molecule has 34 heavy (non-hydrogen) atoms. The molecular weight excluding hydrogens is 457 g/mol. The van der Waals surface area contributed by atoms with Crippen molar-refractivity contribution in [2.75, 3.05) is 5.32 Å². The average molecular weight is 477 g/mol. The Bertz CT molecular complexity index is 1260. The number of pyridine rings is 1. The number of anilines is 1. The summed E-state index contributed by atoms with van der Waals surface area (Å²) in [6.07, 6.45) is -5.49. The van der Waals surface area contributed by atoms with E-state index < -0.39 is 35.9 Å². The van der Waals surface area contributed by atoms with Crippen LogP contribution in [0.15, 0.2) is 58.5 Å². The third-order valence-electron chi connectivity index (χ3n) is 5.89. The largest absolute Gasteiger partial charge is 0.433 e. The summed E-state index contributed by atoms with van der Waals surface area (Å²) in [6.45, 7) is 0. The second-order valence-electron chi connectivity index (χ2n) is 8.43. The predicted molar refractivity (Wildman–Crippen MR) is 117 cm³/mol. The van der Waals surface area contributed by atoms with Gasteiger partial charge in [0.15, 0.2) is 5.84 Å². The number of para-hydroxylation sites is 1. The highest BCUT2D eigenvalue weighted by Crippen LogP contribution is 2.44. The minimum atomic E-state index is -4.67. The molecule has 1 saturated carbocycles. The van der Waals surface area contributed by atoms with Gasteiger partial charge in [-0.1, -0.05) is 24.3 Å². The average Bonchev–Trinajstić information content (AvgIpc) is 3.35. The third kappa shape index (κ3) is 4.32. The molecule has 0 spiro atoms. The number of aliphatic imine (C=N–C) groups is 2. The Morgan fingerprint density at radius 1 is 1.06 bits per heavy atom. The normalized spacial score (nSPS) is 24.5. The van der Waals surface area contributed by atoms with Gasteiger partial charge in [0.05, 0.1) is 0 Å². The molecule has 2 aromatic heterocycles. The molecular formula is C22H20F5N7. The summed E-state index contributed by atoms with van der Waals surface area (Å²) in [5.41, 5.74) is 5.99. The molecule has 1 fully saturated rings. The van der Waals surface area contributed by atoms with Crippen LogP contribution in [0.2, 0.25) is 0 Å². The number of nitrogens with zero attached hydrogens (tertiary/aromatic N) is 3. The lowest BCUT2D eigenvalue weighted by Crippen LogP contribution is -2.53. The number of benzene rings is 1. The number of H-pyrrole nitrogens is 1. The van der Waals surface area contributed by atoms with E-state index in [9.17, 15) is 22.0 Å². The summed E-state index contributed by atoms with van der Waals surface area (Å²) in [5.74, 6) is -5.07. The van der Waals surface area contributed by atoms with E-state index in [0.717, 1.165) is 17.0 Å². The summed E-state index contributed by atoms with van der Waals surface area (Å²) >= 11 is 0. The standard InChI is InChI=1S/C22H20F5N7/c23-20(24)9-8-13(11-20)22(28)33-18(15-6-3-7-16(29-15)21(25,26)27)32-19(34-22)31-17-10-12-4-1-2-5-14(12)30-17/h1-7,10,13,30H,8-9,11,28H2,(H2,31,32,33,34). The molecule has 1 aromatic carbocycles. The molecule has 2 atom stereocenters. The maximum absolute atomic E-state index is 14.0. The van der Waals surface area contributed by atoms with Crippen LogP contribution in [0.5, 0.6) is 0 Å². The fourth-order valence-corrected chi connectivity index (χ4v) is 4.22. The summed E-state index contributed by atoms with van der Waals surface area (Å²) in [6, 6.07) is 12.6. The summed E-state index contributed by atoms with van der Waals surface area (Å²) in [5, 5.41) is 6.72. The van der Waals surface area contributed by atoms with Crippen molar-refractivity contribution >= 4 is 28.5 Å². The summed E-state index contributed by atoms with van der Waals surface area (Å²) < 4.78 is 67.6. The van der Waals surface area contributed by atoms with Crippen LogP contribution in [0.1, 0.15) is 30.7 Å². The second kappa shape index (κ2) is 7.76. The maximum Gasteiger partial charge on any atom is 0.433 e. The van der Waals surface area contributed by atoms with Gasteiger partial charge in [-0.15, -0.1) is 0 Å². The van der Waals surface area contributed by atoms with E-state index in [-0.39, 0.29) is 30.3 Å². The predicted octanol–water partition coefficient (Wildman–Crippen LogP) is 4.45. The molecule has 178 valence electrons. The van der Waals surface area contributed by atoms with Crippen molar-refractivity contribution < 1.29 is 22.0 Å². The Hall–Kier alpha value is -3.54. The highest BCUT2D eigenvalue weighted by atomic mass is 19.4.